The van der Waals surface area contributed by atoms with Crippen LogP contribution in [0.15, 0.2) is 18.5 Å². The first-order chi connectivity index (χ1) is 8.13. The number of nitrogens with one attached hydrogen (secondary N) is 2. The minimum Gasteiger partial charge on any atom is -0.465 e. The van der Waals surface area contributed by atoms with Crippen LogP contribution in [0.5, 0.6) is 0 Å². The van der Waals surface area contributed by atoms with Crippen LogP contribution < -0.4 is 10.6 Å². The lowest BCUT2D eigenvalue weighted by molar-refractivity contribution is -0.141. The standard InChI is InChI=1S/C11H15N3O3/c1-3-17-10(15)7-13-11(16)14-9-4-5-12-6-8(9)2/h4-6H,3,7H2,1-2H3,(H2,12,13,14,16). The Bertz CT molecular complexity index is 407. The minimum atomic E-state index is -0.464. The average Bonchev–Trinajstić information content (AvgIpc) is 2.30. The number of hydrogen-bond donors (Lipinski definition) is 2. The number of amides is 2. The smallest absolute Gasteiger partial charge is 0.325 e. The predicted molar refractivity (Wildman–Crippen MR) is 62.6 cm³/mol. The van der Waals surface area contributed by atoms with Crippen LogP contribution in [0.1, 0.15) is 12.5 Å². The Morgan fingerprint density at radius 2 is 2.24 bits per heavy atom. The molecule has 92 valence electrons. The van der Waals surface area contributed by atoms with Crippen LogP contribution in [-0.4, -0.2) is 30.1 Å². The molecular weight excluding hydrogens is 222 g/mol. The highest BCUT2D eigenvalue weighted by Crippen LogP contribution is 2.10. The first-order valence-electron chi connectivity index (χ1n) is 5.24. The highest BCUT2D eigenvalue weighted by molar-refractivity contribution is 5.91. The average molecular weight is 237 g/mol. The van der Waals surface area contributed by atoms with Crippen molar-refractivity contribution >= 4 is 17.7 Å². The highest BCUT2D eigenvalue weighted by Gasteiger charge is 2.06. The van der Waals surface area contributed by atoms with Gasteiger partial charge in [-0.3, -0.25) is 9.78 Å². The molecule has 0 saturated heterocycles. The van der Waals surface area contributed by atoms with Crippen LogP contribution in [0.25, 0.3) is 0 Å². The molecule has 0 atom stereocenters. The van der Waals surface area contributed by atoms with Crippen molar-refractivity contribution in [2.24, 2.45) is 0 Å². The number of pyridine rings is 1. The molecule has 6 nitrogen and oxygen atoms in total. The number of ether oxygens (including phenoxy) is 1. The van der Waals surface area contributed by atoms with Gasteiger partial charge in [0.25, 0.3) is 0 Å². The Morgan fingerprint density at radius 3 is 2.88 bits per heavy atom. The summed E-state index contributed by atoms with van der Waals surface area (Å²) in [6.45, 7) is 3.68. The Hall–Kier alpha value is -2.11. The third kappa shape index (κ3) is 4.50. The number of aryl methyl sites for hydroxylation is 1. The summed E-state index contributed by atoms with van der Waals surface area (Å²) in [6.07, 6.45) is 3.22. The van der Waals surface area contributed by atoms with E-state index in [1.54, 1.807) is 25.4 Å². The zero-order valence-corrected chi connectivity index (χ0v) is 9.82. The van der Waals surface area contributed by atoms with E-state index >= 15 is 0 Å². The second-order valence-corrected chi connectivity index (χ2v) is 3.30. The summed E-state index contributed by atoms with van der Waals surface area (Å²) < 4.78 is 4.67. The number of esters is 1. The van der Waals surface area contributed by atoms with Crippen molar-refractivity contribution in [1.82, 2.24) is 10.3 Å². The van der Waals surface area contributed by atoms with Gasteiger partial charge in [-0.05, 0) is 25.5 Å². The van der Waals surface area contributed by atoms with Crippen LogP contribution in [0.2, 0.25) is 0 Å². The summed E-state index contributed by atoms with van der Waals surface area (Å²) >= 11 is 0. The van der Waals surface area contributed by atoms with E-state index in [0.717, 1.165) is 5.56 Å². The number of urea groups is 1. The lowest BCUT2D eigenvalue weighted by atomic mass is 10.2. The third-order valence-corrected chi connectivity index (χ3v) is 1.97. The molecule has 0 aliphatic carbocycles. The number of carbonyl (C=O) groups is 2. The van der Waals surface area contributed by atoms with E-state index in [2.05, 4.69) is 20.4 Å². The lowest BCUT2D eigenvalue weighted by Crippen LogP contribution is -2.34. The SMILES string of the molecule is CCOC(=O)CNC(=O)Nc1ccncc1C. The quantitative estimate of drug-likeness (QED) is 0.768. The van der Waals surface area contributed by atoms with E-state index in [-0.39, 0.29) is 6.54 Å². The first-order valence-corrected chi connectivity index (χ1v) is 5.24. The number of rotatable bonds is 4. The lowest BCUT2D eigenvalue weighted by Gasteiger charge is -2.08. The summed E-state index contributed by atoms with van der Waals surface area (Å²) in [5.41, 5.74) is 1.50. The molecule has 0 radical (unpaired) electrons. The van der Waals surface area contributed by atoms with Gasteiger partial charge in [-0.25, -0.2) is 4.79 Å². The van der Waals surface area contributed by atoms with Gasteiger partial charge in [0.05, 0.1) is 6.61 Å². The van der Waals surface area contributed by atoms with Crippen LogP contribution in [0.3, 0.4) is 0 Å². The van der Waals surface area contributed by atoms with Crippen molar-refractivity contribution in [2.45, 2.75) is 13.8 Å². The fraction of sp³-hybridized carbons (Fsp3) is 0.364. The molecule has 0 saturated carbocycles. The van der Waals surface area contributed by atoms with E-state index in [1.807, 2.05) is 6.92 Å². The van der Waals surface area contributed by atoms with Gasteiger partial charge in [0.1, 0.15) is 6.54 Å². The van der Waals surface area contributed by atoms with Crippen LogP contribution in [0.4, 0.5) is 10.5 Å². The van der Waals surface area contributed by atoms with Gasteiger partial charge in [-0.15, -0.1) is 0 Å². The van der Waals surface area contributed by atoms with Crippen LogP contribution in [-0.2, 0) is 9.53 Å². The number of anilines is 1. The van der Waals surface area contributed by atoms with E-state index in [1.165, 1.54) is 0 Å². The van der Waals surface area contributed by atoms with Crippen molar-refractivity contribution in [3.05, 3.63) is 24.0 Å². The molecule has 0 fully saturated rings. The molecule has 6 heteroatoms. The highest BCUT2D eigenvalue weighted by atomic mass is 16.5. The van der Waals surface area contributed by atoms with E-state index in [9.17, 15) is 9.59 Å². The van der Waals surface area contributed by atoms with Gasteiger partial charge in [0, 0.05) is 18.1 Å². The molecule has 2 N–H and O–H groups in total. The topological polar surface area (TPSA) is 80.3 Å². The zero-order valence-electron chi connectivity index (χ0n) is 9.82. The van der Waals surface area contributed by atoms with Gasteiger partial charge in [-0.2, -0.15) is 0 Å². The molecule has 0 aromatic carbocycles. The maximum absolute atomic E-state index is 11.4. The van der Waals surface area contributed by atoms with Crippen molar-refractivity contribution < 1.29 is 14.3 Å². The van der Waals surface area contributed by atoms with Crippen molar-refractivity contribution in [3.8, 4) is 0 Å². The zero-order chi connectivity index (χ0) is 12.7. The van der Waals surface area contributed by atoms with Gasteiger partial charge >= 0.3 is 12.0 Å². The van der Waals surface area contributed by atoms with E-state index in [0.29, 0.717) is 12.3 Å². The molecule has 1 rings (SSSR count). The Morgan fingerprint density at radius 1 is 1.47 bits per heavy atom. The van der Waals surface area contributed by atoms with Crippen molar-refractivity contribution in [2.75, 3.05) is 18.5 Å². The van der Waals surface area contributed by atoms with E-state index < -0.39 is 12.0 Å². The number of carbonyl (C=O) groups excluding carboxylic acids is 2. The van der Waals surface area contributed by atoms with Crippen molar-refractivity contribution in [3.63, 3.8) is 0 Å². The molecule has 0 spiro atoms. The maximum Gasteiger partial charge on any atom is 0.325 e. The Kier molecular flexibility index (Phi) is 4.93. The monoisotopic (exact) mass is 237 g/mol. The van der Waals surface area contributed by atoms with Gasteiger partial charge < -0.3 is 15.4 Å². The van der Waals surface area contributed by atoms with Crippen molar-refractivity contribution in [1.29, 1.82) is 0 Å². The predicted octanol–water partition coefficient (Wildman–Crippen LogP) is 1.07. The number of hydrogen-bond acceptors (Lipinski definition) is 4. The van der Waals surface area contributed by atoms with E-state index in [4.69, 9.17) is 0 Å². The van der Waals surface area contributed by atoms with Gasteiger partial charge in [0.15, 0.2) is 0 Å². The van der Waals surface area contributed by atoms with Crippen LogP contribution in [0, 0.1) is 6.92 Å². The second kappa shape index (κ2) is 6.47. The summed E-state index contributed by atoms with van der Waals surface area (Å²) in [7, 11) is 0. The molecule has 0 aliphatic rings. The molecule has 0 unspecified atom stereocenters. The maximum atomic E-state index is 11.4. The largest absolute Gasteiger partial charge is 0.465 e. The summed E-state index contributed by atoms with van der Waals surface area (Å²) in [4.78, 5) is 26.3. The summed E-state index contributed by atoms with van der Waals surface area (Å²) in [5.74, 6) is -0.464. The molecule has 2 amide bonds. The first kappa shape index (κ1) is 13.0. The Labute approximate surface area is 99.4 Å². The minimum absolute atomic E-state index is 0.149. The molecule has 0 aliphatic heterocycles. The molecule has 1 heterocycles. The van der Waals surface area contributed by atoms with Gasteiger partial charge in [0.2, 0.25) is 0 Å². The summed E-state index contributed by atoms with van der Waals surface area (Å²) in [6, 6.07) is 1.23. The molecule has 0 bridgehead atoms. The molecule has 1 aromatic rings. The van der Waals surface area contributed by atoms with Crippen LogP contribution >= 0.6 is 0 Å². The molecular formula is C11H15N3O3. The molecule has 1 aromatic heterocycles. The summed E-state index contributed by atoms with van der Waals surface area (Å²) in [5, 5.41) is 5.01. The second-order valence-electron chi connectivity index (χ2n) is 3.30. The Balaban J connectivity index is 2.40. The molecule has 17 heavy (non-hydrogen) atoms. The number of aromatic nitrogens is 1. The fourth-order valence-corrected chi connectivity index (χ4v) is 1.14. The van der Waals surface area contributed by atoms with Gasteiger partial charge in [-0.1, -0.05) is 0 Å². The third-order valence-electron chi connectivity index (χ3n) is 1.97. The number of nitrogens with zero attached hydrogens (tertiary/aromatic N) is 1. The normalized spacial score (nSPS) is 9.53. The fourth-order valence-electron chi connectivity index (χ4n) is 1.14.